The molecule has 1 unspecified atom stereocenters. The second kappa shape index (κ2) is 4.61. The maximum absolute atomic E-state index is 7.27. The molecule has 0 spiro atoms. The van der Waals surface area contributed by atoms with Gasteiger partial charge in [0.1, 0.15) is 0 Å². The lowest BCUT2D eigenvalue weighted by molar-refractivity contribution is 0.303. The third-order valence-corrected chi connectivity index (χ3v) is 2.73. The van der Waals surface area contributed by atoms with Crippen LogP contribution in [0.5, 0.6) is 0 Å². The highest BCUT2D eigenvalue weighted by atomic mass is 15.1. The Morgan fingerprint density at radius 1 is 1.62 bits per heavy atom. The van der Waals surface area contributed by atoms with Crippen LogP contribution in [-0.4, -0.2) is 30.9 Å². The molecule has 1 atom stereocenters. The minimum absolute atomic E-state index is 0.198. The van der Waals surface area contributed by atoms with E-state index in [1.807, 2.05) is 6.92 Å². The van der Waals surface area contributed by atoms with Gasteiger partial charge < -0.3 is 10.6 Å². The molecule has 0 saturated heterocycles. The van der Waals surface area contributed by atoms with E-state index in [0.29, 0.717) is 5.84 Å². The molecule has 0 amide bonds. The summed E-state index contributed by atoms with van der Waals surface area (Å²) in [6, 6.07) is 0. The first kappa shape index (κ1) is 10.5. The van der Waals surface area contributed by atoms with E-state index in [0.717, 1.165) is 19.0 Å². The van der Waals surface area contributed by atoms with Gasteiger partial charge in [-0.1, -0.05) is 19.8 Å². The fourth-order valence-electron chi connectivity index (χ4n) is 1.47. The number of amidine groups is 1. The first-order valence-corrected chi connectivity index (χ1v) is 5.12. The molecule has 13 heavy (non-hydrogen) atoms. The first-order chi connectivity index (χ1) is 6.09. The van der Waals surface area contributed by atoms with Crippen molar-refractivity contribution in [2.45, 2.75) is 26.2 Å². The largest absolute Gasteiger partial charge is 0.387 e. The predicted molar refractivity (Wildman–Crippen MR) is 55.9 cm³/mol. The van der Waals surface area contributed by atoms with E-state index in [-0.39, 0.29) is 5.92 Å². The lowest BCUT2D eigenvalue weighted by Gasteiger charge is -2.20. The number of rotatable bonds is 6. The Morgan fingerprint density at radius 3 is 2.69 bits per heavy atom. The van der Waals surface area contributed by atoms with Crippen molar-refractivity contribution in [1.82, 2.24) is 4.90 Å². The van der Waals surface area contributed by atoms with Gasteiger partial charge in [-0.05, 0) is 25.9 Å². The molecule has 1 aliphatic carbocycles. The van der Waals surface area contributed by atoms with Crippen molar-refractivity contribution in [1.29, 1.82) is 5.41 Å². The van der Waals surface area contributed by atoms with E-state index in [1.165, 1.54) is 19.3 Å². The van der Waals surface area contributed by atoms with Gasteiger partial charge in [-0.2, -0.15) is 0 Å². The van der Waals surface area contributed by atoms with Crippen molar-refractivity contribution in [2.24, 2.45) is 17.6 Å². The molecule has 0 aliphatic heterocycles. The van der Waals surface area contributed by atoms with Crippen LogP contribution >= 0.6 is 0 Å². The fraction of sp³-hybridized carbons (Fsp3) is 0.900. The van der Waals surface area contributed by atoms with E-state index in [1.54, 1.807) is 0 Å². The summed E-state index contributed by atoms with van der Waals surface area (Å²) in [6.07, 6.45) is 4.17. The molecular weight excluding hydrogens is 162 g/mol. The number of nitrogens with one attached hydrogen (secondary N) is 1. The Hall–Kier alpha value is -0.570. The van der Waals surface area contributed by atoms with Crippen LogP contribution in [0.15, 0.2) is 0 Å². The molecule has 0 aromatic carbocycles. The second-order valence-corrected chi connectivity index (χ2v) is 4.35. The fourth-order valence-corrected chi connectivity index (χ4v) is 1.47. The van der Waals surface area contributed by atoms with Crippen LogP contribution in [0.4, 0.5) is 0 Å². The van der Waals surface area contributed by atoms with Crippen molar-refractivity contribution in [3.8, 4) is 0 Å². The summed E-state index contributed by atoms with van der Waals surface area (Å²) >= 11 is 0. The highest BCUT2D eigenvalue weighted by molar-refractivity contribution is 5.79. The summed E-state index contributed by atoms with van der Waals surface area (Å²) in [5.74, 6) is 1.50. The normalized spacial score (nSPS) is 19.0. The molecule has 0 bridgehead atoms. The van der Waals surface area contributed by atoms with E-state index in [2.05, 4.69) is 11.9 Å². The van der Waals surface area contributed by atoms with Crippen LogP contribution in [0.1, 0.15) is 26.2 Å². The second-order valence-electron chi connectivity index (χ2n) is 4.35. The molecule has 0 heterocycles. The van der Waals surface area contributed by atoms with Gasteiger partial charge in [-0.3, -0.25) is 5.41 Å². The van der Waals surface area contributed by atoms with Gasteiger partial charge in [0.15, 0.2) is 0 Å². The van der Waals surface area contributed by atoms with Gasteiger partial charge in [0.05, 0.1) is 5.84 Å². The molecular formula is C10H21N3. The van der Waals surface area contributed by atoms with Crippen molar-refractivity contribution in [3.05, 3.63) is 0 Å². The van der Waals surface area contributed by atoms with Crippen LogP contribution in [0, 0.1) is 17.2 Å². The molecule has 0 radical (unpaired) electrons. The van der Waals surface area contributed by atoms with Gasteiger partial charge in [-0.25, -0.2) is 0 Å². The third kappa shape index (κ3) is 4.27. The summed E-state index contributed by atoms with van der Waals surface area (Å²) in [7, 11) is 2.11. The zero-order valence-electron chi connectivity index (χ0n) is 8.71. The maximum Gasteiger partial charge on any atom is 0.0947 e. The zero-order chi connectivity index (χ0) is 9.84. The monoisotopic (exact) mass is 183 g/mol. The minimum atomic E-state index is 0.198. The smallest absolute Gasteiger partial charge is 0.0947 e. The molecule has 3 nitrogen and oxygen atoms in total. The number of hydrogen-bond acceptors (Lipinski definition) is 2. The molecule has 1 saturated carbocycles. The van der Waals surface area contributed by atoms with E-state index in [4.69, 9.17) is 11.1 Å². The average molecular weight is 183 g/mol. The zero-order valence-corrected chi connectivity index (χ0v) is 8.71. The molecule has 0 aromatic heterocycles. The lowest BCUT2D eigenvalue weighted by Crippen LogP contribution is -2.32. The highest BCUT2D eigenvalue weighted by Gasteiger charge is 2.21. The summed E-state index contributed by atoms with van der Waals surface area (Å²) in [5, 5.41) is 7.27. The molecule has 3 N–H and O–H groups in total. The Morgan fingerprint density at radius 2 is 2.23 bits per heavy atom. The Kier molecular flexibility index (Phi) is 3.72. The topological polar surface area (TPSA) is 53.1 Å². The Bertz CT molecular complexity index is 175. The van der Waals surface area contributed by atoms with E-state index < -0.39 is 0 Å². The van der Waals surface area contributed by atoms with Gasteiger partial charge in [0.2, 0.25) is 0 Å². The van der Waals surface area contributed by atoms with Gasteiger partial charge in [0.25, 0.3) is 0 Å². The Labute approximate surface area is 80.8 Å². The van der Waals surface area contributed by atoms with Crippen molar-refractivity contribution < 1.29 is 0 Å². The van der Waals surface area contributed by atoms with Crippen LogP contribution in [0.3, 0.4) is 0 Å². The van der Waals surface area contributed by atoms with Gasteiger partial charge in [0, 0.05) is 12.5 Å². The summed E-state index contributed by atoms with van der Waals surface area (Å²) in [6.45, 7) is 4.08. The summed E-state index contributed by atoms with van der Waals surface area (Å²) in [4.78, 5) is 2.28. The quantitative estimate of drug-likeness (QED) is 0.481. The highest BCUT2D eigenvalue weighted by Crippen LogP contribution is 2.32. The maximum atomic E-state index is 7.27. The van der Waals surface area contributed by atoms with Crippen molar-refractivity contribution in [2.75, 3.05) is 20.1 Å². The summed E-state index contributed by atoms with van der Waals surface area (Å²) in [5.41, 5.74) is 5.41. The molecule has 0 aromatic rings. The molecule has 1 aliphatic rings. The van der Waals surface area contributed by atoms with Crippen molar-refractivity contribution in [3.63, 3.8) is 0 Å². The molecule has 3 heteroatoms. The first-order valence-electron chi connectivity index (χ1n) is 5.12. The molecule has 1 fully saturated rings. The van der Waals surface area contributed by atoms with Gasteiger partial charge >= 0.3 is 0 Å². The lowest BCUT2D eigenvalue weighted by atomic mass is 10.1. The number of hydrogen-bond donors (Lipinski definition) is 2. The van der Waals surface area contributed by atoms with Crippen molar-refractivity contribution >= 4 is 5.84 Å². The average Bonchev–Trinajstić information content (AvgIpc) is 2.83. The number of nitrogens with two attached hydrogens (primary N) is 1. The third-order valence-electron chi connectivity index (χ3n) is 2.73. The number of nitrogens with zero attached hydrogens (tertiary/aromatic N) is 1. The van der Waals surface area contributed by atoms with Gasteiger partial charge in [-0.15, -0.1) is 0 Å². The van der Waals surface area contributed by atoms with Crippen LogP contribution in [-0.2, 0) is 0 Å². The van der Waals surface area contributed by atoms with Crippen LogP contribution < -0.4 is 5.73 Å². The Balaban J connectivity index is 2.07. The summed E-state index contributed by atoms with van der Waals surface area (Å²) < 4.78 is 0. The SMILES string of the molecule is CC(CN(C)CCC1CC1)C(=N)N. The molecule has 76 valence electrons. The van der Waals surface area contributed by atoms with Crippen LogP contribution in [0.25, 0.3) is 0 Å². The van der Waals surface area contributed by atoms with E-state index in [9.17, 15) is 0 Å². The van der Waals surface area contributed by atoms with E-state index >= 15 is 0 Å². The minimum Gasteiger partial charge on any atom is -0.387 e. The standard InChI is InChI=1S/C10H21N3/c1-8(10(11)12)7-13(2)6-5-9-3-4-9/h8-9H,3-7H2,1-2H3,(H3,11,12). The van der Waals surface area contributed by atoms with Crippen LogP contribution in [0.2, 0.25) is 0 Å². The predicted octanol–water partition coefficient (Wildman–Crippen LogP) is 1.29. The molecule has 1 rings (SSSR count).